The molecule has 2 aromatic heterocycles. The van der Waals surface area contributed by atoms with E-state index in [1.54, 1.807) is 18.8 Å². The van der Waals surface area contributed by atoms with E-state index in [1.807, 2.05) is 42.7 Å². The molecular weight excluding hydrogens is 530 g/mol. The van der Waals surface area contributed by atoms with Gasteiger partial charge in [0.2, 0.25) is 0 Å². The molecule has 218 valence electrons. The van der Waals surface area contributed by atoms with Crippen LogP contribution in [0.2, 0.25) is 0 Å². The van der Waals surface area contributed by atoms with Gasteiger partial charge >= 0.3 is 6.03 Å². The summed E-state index contributed by atoms with van der Waals surface area (Å²) in [7, 11) is 3.41. The number of ether oxygens (including phenoxy) is 1. The lowest BCUT2D eigenvalue weighted by atomic mass is 9.95. The molecule has 1 unspecified atom stereocenters. The van der Waals surface area contributed by atoms with E-state index in [2.05, 4.69) is 44.8 Å². The number of urea groups is 1. The molecule has 0 spiro atoms. The minimum absolute atomic E-state index is 0.00429. The maximum atomic E-state index is 12.1. The summed E-state index contributed by atoms with van der Waals surface area (Å²) in [5.74, 6) is 0.887. The summed E-state index contributed by atoms with van der Waals surface area (Å²) < 4.78 is 7.26. The average molecular weight is 568 g/mol. The van der Waals surface area contributed by atoms with Gasteiger partial charge < -0.3 is 25.4 Å². The molecule has 0 saturated carbocycles. The van der Waals surface area contributed by atoms with Crippen LogP contribution >= 0.6 is 0 Å². The molecule has 0 bridgehead atoms. The van der Waals surface area contributed by atoms with Crippen LogP contribution < -0.4 is 10.6 Å². The molecular formula is C32H37N7O3. The zero-order chi connectivity index (χ0) is 29.1. The van der Waals surface area contributed by atoms with Crippen molar-refractivity contribution in [1.82, 2.24) is 24.6 Å². The molecule has 2 aliphatic heterocycles. The topological polar surface area (TPSA) is 108 Å². The maximum Gasteiger partial charge on any atom is 0.321 e. The second-order valence-corrected chi connectivity index (χ2v) is 11.0. The third-order valence-electron chi connectivity index (χ3n) is 7.86. The van der Waals surface area contributed by atoms with Crippen LogP contribution in [0.15, 0.2) is 67.0 Å². The summed E-state index contributed by atoms with van der Waals surface area (Å²) in [5.41, 5.74) is 8.20. The van der Waals surface area contributed by atoms with Crippen LogP contribution in [-0.2, 0) is 24.2 Å². The number of aliphatic hydroxyl groups is 1. The molecule has 10 nitrogen and oxygen atoms in total. The van der Waals surface area contributed by atoms with Crippen molar-refractivity contribution in [2.75, 3.05) is 57.6 Å². The summed E-state index contributed by atoms with van der Waals surface area (Å²) in [6.07, 6.45) is 4.64. The first-order valence-electron chi connectivity index (χ1n) is 14.4. The Labute approximate surface area is 245 Å². The zero-order valence-electron chi connectivity index (χ0n) is 24.1. The quantitative estimate of drug-likeness (QED) is 0.292. The van der Waals surface area contributed by atoms with E-state index >= 15 is 0 Å². The van der Waals surface area contributed by atoms with Crippen LogP contribution in [0, 0.1) is 0 Å². The van der Waals surface area contributed by atoms with Crippen molar-refractivity contribution < 1.29 is 14.6 Å². The van der Waals surface area contributed by atoms with E-state index in [4.69, 9.17) is 9.84 Å². The maximum absolute atomic E-state index is 12.1. The van der Waals surface area contributed by atoms with Gasteiger partial charge in [-0.3, -0.25) is 9.58 Å². The number of morpholine rings is 1. The molecule has 3 N–H and O–H groups in total. The molecule has 10 heteroatoms. The molecule has 2 amide bonds. The van der Waals surface area contributed by atoms with Crippen molar-refractivity contribution in [1.29, 1.82) is 0 Å². The van der Waals surface area contributed by atoms with E-state index in [9.17, 15) is 9.90 Å². The van der Waals surface area contributed by atoms with Crippen molar-refractivity contribution in [3.05, 3.63) is 83.7 Å². The van der Waals surface area contributed by atoms with Crippen LogP contribution in [0.25, 0.3) is 22.4 Å². The molecule has 0 aliphatic carbocycles. The number of carbonyl (C=O) groups is 1. The van der Waals surface area contributed by atoms with E-state index in [0.29, 0.717) is 12.2 Å². The first kappa shape index (κ1) is 27.9. The minimum Gasteiger partial charge on any atom is -0.394 e. The van der Waals surface area contributed by atoms with Crippen molar-refractivity contribution in [3.8, 4) is 22.4 Å². The monoisotopic (exact) mass is 567 g/mol. The minimum atomic E-state index is -0.184. The van der Waals surface area contributed by atoms with Crippen LogP contribution in [-0.4, -0.2) is 82.7 Å². The predicted octanol–water partition coefficient (Wildman–Crippen LogP) is 4.24. The first-order chi connectivity index (χ1) is 20.5. The van der Waals surface area contributed by atoms with Gasteiger partial charge in [-0.2, -0.15) is 5.10 Å². The van der Waals surface area contributed by atoms with Crippen LogP contribution in [0.4, 0.5) is 16.3 Å². The fourth-order valence-corrected chi connectivity index (χ4v) is 5.57. The predicted molar refractivity (Wildman–Crippen MR) is 163 cm³/mol. The number of aliphatic hydroxyl groups excluding tert-OH is 1. The Kier molecular flexibility index (Phi) is 8.18. The van der Waals surface area contributed by atoms with Crippen molar-refractivity contribution in [3.63, 3.8) is 0 Å². The van der Waals surface area contributed by atoms with Crippen LogP contribution in [0.1, 0.15) is 22.7 Å². The summed E-state index contributed by atoms with van der Waals surface area (Å²) in [6, 6.07) is 18.6. The van der Waals surface area contributed by atoms with Gasteiger partial charge in [0.25, 0.3) is 0 Å². The molecule has 42 heavy (non-hydrogen) atoms. The molecule has 1 fully saturated rings. The number of hydrogen-bond donors (Lipinski definition) is 3. The molecule has 2 aliphatic rings. The lowest BCUT2D eigenvalue weighted by Gasteiger charge is -2.26. The molecule has 4 aromatic rings. The van der Waals surface area contributed by atoms with Gasteiger partial charge in [0.05, 0.1) is 32.4 Å². The third-order valence-corrected chi connectivity index (χ3v) is 7.86. The lowest BCUT2D eigenvalue weighted by Crippen LogP contribution is -2.35. The fraction of sp³-hybridized carbons (Fsp3) is 0.344. The third kappa shape index (κ3) is 6.01. The van der Waals surface area contributed by atoms with Crippen molar-refractivity contribution >= 4 is 17.5 Å². The number of nitrogens with one attached hydrogen (secondary N) is 2. The average Bonchev–Trinajstić information content (AvgIpc) is 3.63. The molecule has 0 radical (unpaired) electrons. The number of aromatic nitrogens is 3. The highest BCUT2D eigenvalue weighted by molar-refractivity contribution is 5.90. The summed E-state index contributed by atoms with van der Waals surface area (Å²) in [4.78, 5) is 20.7. The highest BCUT2D eigenvalue weighted by Crippen LogP contribution is 2.41. The SMILES string of the molecule is CN(C)C(=O)Nc1ccc(-c2nn(CCO)cc2-c2ccnc3c2CC(c2ccc(CN4CCOCC4)cc2)N3)cc1. The Balaban J connectivity index is 1.25. The Bertz CT molecular complexity index is 1530. The number of amides is 2. The molecule has 1 saturated heterocycles. The number of anilines is 2. The van der Waals surface area contributed by atoms with E-state index in [-0.39, 0.29) is 18.7 Å². The smallest absolute Gasteiger partial charge is 0.321 e. The molecule has 2 aromatic carbocycles. The Morgan fingerprint density at radius 2 is 1.83 bits per heavy atom. The normalized spacial score (nSPS) is 16.6. The molecule has 1 atom stereocenters. The van der Waals surface area contributed by atoms with Gasteiger partial charge in [-0.1, -0.05) is 36.4 Å². The Hall–Kier alpha value is -4.25. The van der Waals surface area contributed by atoms with Gasteiger partial charge in [-0.15, -0.1) is 0 Å². The van der Waals surface area contributed by atoms with Gasteiger partial charge in [0.1, 0.15) is 11.5 Å². The summed E-state index contributed by atoms with van der Waals surface area (Å²) >= 11 is 0. The molecule has 6 rings (SSSR count). The van der Waals surface area contributed by atoms with Gasteiger partial charge in [0, 0.05) is 74.9 Å². The number of carbonyl (C=O) groups excluding carboxylic acids is 1. The Morgan fingerprint density at radius 1 is 1.07 bits per heavy atom. The number of hydrogen-bond acceptors (Lipinski definition) is 7. The van der Waals surface area contributed by atoms with Crippen LogP contribution in [0.5, 0.6) is 0 Å². The summed E-state index contributed by atoms with van der Waals surface area (Å²) in [6.45, 7) is 4.90. The van der Waals surface area contributed by atoms with Crippen molar-refractivity contribution in [2.45, 2.75) is 25.6 Å². The highest BCUT2D eigenvalue weighted by atomic mass is 16.5. The highest BCUT2D eigenvalue weighted by Gasteiger charge is 2.28. The summed E-state index contributed by atoms with van der Waals surface area (Å²) in [5, 5.41) is 21.0. The Morgan fingerprint density at radius 3 is 2.55 bits per heavy atom. The number of rotatable bonds is 8. The van der Waals surface area contributed by atoms with Gasteiger partial charge in [-0.25, -0.2) is 9.78 Å². The number of pyridine rings is 1. The van der Waals surface area contributed by atoms with E-state index in [0.717, 1.165) is 73.0 Å². The first-order valence-corrected chi connectivity index (χ1v) is 14.4. The standard InChI is InChI=1S/C32H37N7O3/c1-37(2)32(41)34-25-9-7-24(8-10-25)30-28(21-39(36-30)13-16-40)26-11-12-33-31-27(26)19-29(35-31)23-5-3-22(4-6-23)20-38-14-17-42-18-15-38/h3-12,21,29,40H,13-20H2,1-2H3,(H,33,35)(H,34,41). The number of benzene rings is 2. The van der Waals surface area contributed by atoms with Gasteiger partial charge in [-0.05, 0) is 34.9 Å². The van der Waals surface area contributed by atoms with E-state index < -0.39 is 0 Å². The second kappa shape index (κ2) is 12.3. The largest absolute Gasteiger partial charge is 0.394 e. The lowest BCUT2D eigenvalue weighted by molar-refractivity contribution is 0.0342. The van der Waals surface area contributed by atoms with E-state index in [1.165, 1.54) is 16.0 Å². The van der Waals surface area contributed by atoms with Crippen LogP contribution in [0.3, 0.4) is 0 Å². The zero-order valence-corrected chi connectivity index (χ0v) is 24.1. The fourth-order valence-electron chi connectivity index (χ4n) is 5.57. The van der Waals surface area contributed by atoms with Crippen molar-refractivity contribution in [2.24, 2.45) is 0 Å². The van der Waals surface area contributed by atoms with Gasteiger partial charge in [0.15, 0.2) is 0 Å². The second-order valence-electron chi connectivity index (χ2n) is 11.0. The number of nitrogens with zero attached hydrogens (tertiary/aromatic N) is 5. The number of fused-ring (bicyclic) bond motifs is 1. The molecule has 4 heterocycles.